The molecular formula is C25H33NO2. The molecule has 0 unspecified atom stereocenters. The molecule has 1 heterocycles. The number of hydrogen-bond acceptors (Lipinski definition) is 2. The van der Waals surface area contributed by atoms with E-state index in [4.69, 9.17) is 0 Å². The fourth-order valence-electron chi connectivity index (χ4n) is 7.74. The van der Waals surface area contributed by atoms with E-state index >= 15 is 0 Å². The molecule has 3 fully saturated rings. The molecule has 0 spiro atoms. The van der Waals surface area contributed by atoms with Gasteiger partial charge in [-0.2, -0.15) is 0 Å². The van der Waals surface area contributed by atoms with Crippen molar-refractivity contribution in [3.05, 3.63) is 47.5 Å². The normalized spacial score (nSPS) is 44.4. The molecule has 4 aliphatic rings. The molecule has 1 amide bonds. The minimum atomic E-state index is 0.0915. The average Bonchev–Trinajstić information content (AvgIpc) is 3.06. The summed E-state index contributed by atoms with van der Waals surface area (Å²) in [6, 6.07) is 9.03. The Kier molecular flexibility index (Phi) is 4.24. The van der Waals surface area contributed by atoms with Gasteiger partial charge in [0.15, 0.2) is 0 Å². The summed E-state index contributed by atoms with van der Waals surface area (Å²) >= 11 is 0. The molecule has 150 valence electrons. The van der Waals surface area contributed by atoms with Crippen molar-refractivity contribution in [1.82, 2.24) is 5.32 Å². The SMILES string of the molecule is C[C@]12C=CC(=O)N[C@@H]1CC[C@@H]1[C@@H]2CC[C@]2(C)[C@@H](c3ccc(CO)cc3)CC[C@@H]12. The van der Waals surface area contributed by atoms with Crippen LogP contribution in [0.1, 0.15) is 69.4 Å². The summed E-state index contributed by atoms with van der Waals surface area (Å²) in [4.78, 5) is 11.9. The topological polar surface area (TPSA) is 49.3 Å². The third-order valence-corrected chi connectivity index (χ3v) is 9.25. The highest BCUT2D eigenvalue weighted by Crippen LogP contribution is 2.66. The standard InChI is InChI=1S/C25H33NO2/c1-24-13-11-21-18(7-10-22-25(21,2)14-12-23(28)26-22)20(24)9-8-19(24)17-5-3-16(15-27)4-6-17/h3-6,12,14,18-22,27H,7-11,13,15H2,1-2H3,(H,26,28)/t18-,19+,20-,21-,22+,24+,25+/m0/s1. The number of nitrogens with one attached hydrogen (secondary N) is 1. The number of amides is 1. The summed E-state index contributed by atoms with van der Waals surface area (Å²) in [5.41, 5.74) is 2.97. The molecule has 1 aromatic carbocycles. The van der Waals surface area contributed by atoms with Gasteiger partial charge in [0.05, 0.1) is 6.61 Å². The molecule has 5 rings (SSSR count). The van der Waals surface area contributed by atoms with Gasteiger partial charge in [0.2, 0.25) is 5.91 Å². The van der Waals surface area contributed by atoms with Crippen LogP contribution in [0, 0.1) is 28.6 Å². The van der Waals surface area contributed by atoms with Crippen LogP contribution < -0.4 is 5.32 Å². The van der Waals surface area contributed by atoms with Crippen molar-refractivity contribution in [3.8, 4) is 0 Å². The summed E-state index contributed by atoms with van der Waals surface area (Å²) in [5.74, 6) is 2.99. The molecule has 7 atom stereocenters. The van der Waals surface area contributed by atoms with Crippen LogP contribution in [0.3, 0.4) is 0 Å². The molecule has 0 radical (unpaired) electrons. The predicted molar refractivity (Wildman–Crippen MR) is 111 cm³/mol. The van der Waals surface area contributed by atoms with E-state index in [0.29, 0.717) is 23.3 Å². The Hall–Kier alpha value is -1.61. The zero-order valence-electron chi connectivity index (χ0n) is 17.2. The van der Waals surface area contributed by atoms with Crippen molar-refractivity contribution in [2.45, 2.75) is 70.9 Å². The number of carbonyl (C=O) groups is 1. The summed E-state index contributed by atoms with van der Waals surface area (Å²) in [6.45, 7) is 5.07. The van der Waals surface area contributed by atoms with Gasteiger partial charge >= 0.3 is 0 Å². The maximum absolute atomic E-state index is 11.9. The van der Waals surface area contributed by atoms with E-state index in [1.54, 1.807) is 6.08 Å². The van der Waals surface area contributed by atoms with Gasteiger partial charge in [-0.3, -0.25) is 4.79 Å². The predicted octanol–water partition coefficient (Wildman–Crippen LogP) is 4.56. The largest absolute Gasteiger partial charge is 0.392 e. The van der Waals surface area contributed by atoms with Gasteiger partial charge in [-0.1, -0.05) is 44.2 Å². The third-order valence-electron chi connectivity index (χ3n) is 9.25. The lowest BCUT2D eigenvalue weighted by Gasteiger charge is -2.59. The van der Waals surface area contributed by atoms with Gasteiger partial charge in [0, 0.05) is 11.5 Å². The molecule has 3 nitrogen and oxygen atoms in total. The van der Waals surface area contributed by atoms with Crippen LogP contribution in [0.4, 0.5) is 0 Å². The minimum Gasteiger partial charge on any atom is -0.392 e. The monoisotopic (exact) mass is 379 g/mol. The first-order chi connectivity index (χ1) is 13.5. The minimum absolute atomic E-state index is 0.0915. The second-order valence-corrected chi connectivity index (χ2v) is 10.3. The Balaban J connectivity index is 1.43. The van der Waals surface area contributed by atoms with Crippen LogP contribution >= 0.6 is 0 Å². The van der Waals surface area contributed by atoms with Crippen molar-refractivity contribution < 1.29 is 9.90 Å². The maximum Gasteiger partial charge on any atom is 0.243 e. The van der Waals surface area contributed by atoms with Crippen molar-refractivity contribution in [1.29, 1.82) is 0 Å². The lowest BCUT2D eigenvalue weighted by molar-refractivity contribution is -0.122. The summed E-state index contributed by atoms with van der Waals surface area (Å²) in [6.07, 6.45) is 11.6. The van der Waals surface area contributed by atoms with Crippen LogP contribution in [0.2, 0.25) is 0 Å². The van der Waals surface area contributed by atoms with E-state index in [2.05, 4.69) is 49.5 Å². The molecule has 2 N–H and O–H groups in total. The summed E-state index contributed by atoms with van der Waals surface area (Å²) in [5, 5.41) is 12.6. The maximum atomic E-state index is 11.9. The molecule has 3 heteroatoms. The first-order valence-corrected chi connectivity index (χ1v) is 11.1. The highest BCUT2D eigenvalue weighted by atomic mass is 16.3. The average molecular weight is 380 g/mol. The van der Waals surface area contributed by atoms with E-state index in [1.165, 1.54) is 37.7 Å². The van der Waals surface area contributed by atoms with Crippen LogP contribution in [0.15, 0.2) is 36.4 Å². The molecular weight excluding hydrogens is 346 g/mol. The smallest absolute Gasteiger partial charge is 0.243 e. The van der Waals surface area contributed by atoms with E-state index < -0.39 is 0 Å². The highest BCUT2D eigenvalue weighted by molar-refractivity contribution is 5.89. The molecule has 0 aromatic heterocycles. The fraction of sp³-hybridized carbons (Fsp3) is 0.640. The Bertz CT molecular complexity index is 799. The first kappa shape index (κ1) is 18.4. The molecule has 1 aliphatic heterocycles. The summed E-state index contributed by atoms with van der Waals surface area (Å²) in [7, 11) is 0. The van der Waals surface area contributed by atoms with Crippen LogP contribution in [-0.4, -0.2) is 17.1 Å². The molecule has 28 heavy (non-hydrogen) atoms. The Labute approximate surface area is 168 Å². The number of benzene rings is 1. The van der Waals surface area contributed by atoms with Crippen molar-refractivity contribution in [2.75, 3.05) is 0 Å². The van der Waals surface area contributed by atoms with Crippen LogP contribution in [-0.2, 0) is 11.4 Å². The van der Waals surface area contributed by atoms with Gasteiger partial charge in [-0.25, -0.2) is 0 Å². The van der Waals surface area contributed by atoms with Crippen molar-refractivity contribution >= 4 is 5.91 Å². The van der Waals surface area contributed by atoms with E-state index in [0.717, 1.165) is 23.8 Å². The lowest BCUT2D eigenvalue weighted by Crippen LogP contribution is -2.59. The van der Waals surface area contributed by atoms with Gasteiger partial charge in [0.25, 0.3) is 0 Å². The first-order valence-electron chi connectivity index (χ1n) is 11.1. The van der Waals surface area contributed by atoms with Gasteiger partial charge in [-0.15, -0.1) is 0 Å². The lowest BCUT2D eigenvalue weighted by atomic mass is 9.47. The van der Waals surface area contributed by atoms with E-state index in [-0.39, 0.29) is 17.9 Å². The second kappa shape index (κ2) is 6.45. The van der Waals surface area contributed by atoms with Crippen LogP contribution in [0.25, 0.3) is 0 Å². The Morgan fingerprint density at radius 3 is 2.57 bits per heavy atom. The van der Waals surface area contributed by atoms with Gasteiger partial charge in [-0.05, 0) is 84.8 Å². The van der Waals surface area contributed by atoms with Crippen molar-refractivity contribution in [3.63, 3.8) is 0 Å². The Morgan fingerprint density at radius 1 is 1.04 bits per heavy atom. The summed E-state index contributed by atoms with van der Waals surface area (Å²) < 4.78 is 0. The van der Waals surface area contributed by atoms with Crippen molar-refractivity contribution in [2.24, 2.45) is 28.6 Å². The third kappa shape index (κ3) is 2.55. The molecule has 3 saturated carbocycles. The molecule has 3 aliphatic carbocycles. The number of aliphatic hydroxyl groups excluding tert-OH is 1. The Morgan fingerprint density at radius 2 is 1.82 bits per heavy atom. The zero-order chi connectivity index (χ0) is 19.5. The quantitative estimate of drug-likeness (QED) is 0.791. The number of aliphatic hydroxyl groups is 1. The fourth-order valence-corrected chi connectivity index (χ4v) is 7.74. The number of rotatable bonds is 2. The van der Waals surface area contributed by atoms with E-state index in [1.807, 2.05) is 0 Å². The van der Waals surface area contributed by atoms with Gasteiger partial charge < -0.3 is 10.4 Å². The van der Waals surface area contributed by atoms with E-state index in [9.17, 15) is 9.90 Å². The highest BCUT2D eigenvalue weighted by Gasteiger charge is 2.59. The number of hydrogen-bond donors (Lipinski definition) is 2. The van der Waals surface area contributed by atoms with Gasteiger partial charge in [0.1, 0.15) is 0 Å². The zero-order valence-corrected chi connectivity index (χ0v) is 17.2. The number of carbonyl (C=O) groups excluding carboxylic acids is 1. The molecule has 1 aromatic rings. The molecule has 0 bridgehead atoms. The molecule has 0 saturated heterocycles. The second-order valence-electron chi connectivity index (χ2n) is 10.3. The van der Waals surface area contributed by atoms with Crippen LogP contribution in [0.5, 0.6) is 0 Å². The number of fused-ring (bicyclic) bond motifs is 5.